The normalized spacial score (nSPS) is 23.6. The Morgan fingerprint density at radius 1 is 1.16 bits per heavy atom. The first-order chi connectivity index (χ1) is 12.1. The summed E-state index contributed by atoms with van der Waals surface area (Å²) in [5, 5.41) is 4.65. The molecule has 5 heteroatoms. The van der Waals surface area contributed by atoms with Crippen molar-refractivity contribution in [3.8, 4) is 0 Å². The van der Waals surface area contributed by atoms with Crippen LogP contribution in [-0.2, 0) is 4.74 Å². The average Bonchev–Trinajstić information content (AvgIpc) is 3.12. The molecule has 2 aromatic rings. The summed E-state index contributed by atoms with van der Waals surface area (Å²) in [5.74, 6) is 0.220. The molecule has 1 aliphatic carbocycles. The fourth-order valence-corrected chi connectivity index (χ4v) is 4.40. The van der Waals surface area contributed by atoms with Crippen LogP contribution in [0.3, 0.4) is 0 Å². The standard InChI is InChI=1S/C20H17Cl2NO2/c1-25-20(24)15-9-3-7-13-11-5-2-6-12(11)18(23-19(13)15)14-8-4-10-16(21)17(14)22/h2-5,7-12,18,23H,6H2,1H3/t11-,12+,18-/m0/s1. The largest absolute Gasteiger partial charge is 0.465 e. The number of halogens is 2. The van der Waals surface area contributed by atoms with Crippen LogP contribution in [0.25, 0.3) is 0 Å². The predicted octanol–water partition coefficient (Wildman–Crippen LogP) is 5.61. The third-order valence-electron chi connectivity index (χ3n) is 5.12. The van der Waals surface area contributed by atoms with Crippen LogP contribution in [0, 0.1) is 5.92 Å². The van der Waals surface area contributed by atoms with Crippen molar-refractivity contribution in [3.63, 3.8) is 0 Å². The number of fused-ring (bicyclic) bond motifs is 3. The van der Waals surface area contributed by atoms with Gasteiger partial charge >= 0.3 is 5.97 Å². The van der Waals surface area contributed by atoms with Crippen LogP contribution in [0.15, 0.2) is 48.6 Å². The van der Waals surface area contributed by atoms with Crippen LogP contribution in [0.5, 0.6) is 0 Å². The van der Waals surface area contributed by atoms with Crippen LogP contribution < -0.4 is 5.32 Å². The highest BCUT2D eigenvalue weighted by Crippen LogP contribution is 2.52. The number of para-hydroxylation sites is 1. The zero-order valence-electron chi connectivity index (χ0n) is 13.6. The molecule has 0 spiro atoms. The van der Waals surface area contributed by atoms with Crippen LogP contribution in [0.1, 0.15) is 39.9 Å². The van der Waals surface area contributed by atoms with E-state index in [1.54, 1.807) is 12.1 Å². The molecule has 0 saturated carbocycles. The lowest BCUT2D eigenvalue weighted by Gasteiger charge is -2.38. The van der Waals surface area contributed by atoms with Crippen LogP contribution >= 0.6 is 23.2 Å². The number of benzene rings is 2. The number of esters is 1. The Morgan fingerprint density at radius 3 is 2.72 bits per heavy atom. The molecule has 128 valence electrons. The van der Waals surface area contributed by atoms with Crippen molar-refractivity contribution in [2.75, 3.05) is 12.4 Å². The summed E-state index contributed by atoms with van der Waals surface area (Å²) in [7, 11) is 1.40. The maximum Gasteiger partial charge on any atom is 0.339 e. The number of hydrogen-bond donors (Lipinski definition) is 1. The van der Waals surface area contributed by atoms with Gasteiger partial charge in [-0.25, -0.2) is 4.79 Å². The SMILES string of the molecule is COC(=O)c1cccc2c1N[C@H](c1cccc(Cl)c1Cl)[C@@H]1CC=C[C@H]21. The fourth-order valence-electron chi connectivity index (χ4n) is 3.97. The van der Waals surface area contributed by atoms with E-state index in [0.29, 0.717) is 21.5 Å². The minimum Gasteiger partial charge on any atom is -0.465 e. The Bertz CT molecular complexity index is 878. The van der Waals surface area contributed by atoms with Crippen molar-refractivity contribution in [1.29, 1.82) is 0 Å². The molecular weight excluding hydrogens is 357 g/mol. The van der Waals surface area contributed by atoms with Crippen molar-refractivity contribution >= 4 is 34.9 Å². The molecule has 0 bridgehead atoms. The van der Waals surface area contributed by atoms with Crippen molar-refractivity contribution in [2.45, 2.75) is 18.4 Å². The van der Waals surface area contributed by atoms with Gasteiger partial charge in [-0.1, -0.05) is 59.6 Å². The maximum absolute atomic E-state index is 12.2. The van der Waals surface area contributed by atoms with Crippen LogP contribution in [-0.4, -0.2) is 13.1 Å². The van der Waals surface area contributed by atoms with E-state index in [0.717, 1.165) is 23.2 Å². The number of rotatable bonds is 2. The molecule has 2 aliphatic rings. The second kappa shape index (κ2) is 6.40. The molecule has 1 heterocycles. The Balaban J connectivity index is 1.86. The van der Waals surface area contributed by atoms with Crippen molar-refractivity contribution < 1.29 is 9.53 Å². The maximum atomic E-state index is 12.2. The molecule has 0 saturated heterocycles. The highest BCUT2D eigenvalue weighted by Gasteiger charge is 2.40. The third kappa shape index (κ3) is 2.62. The number of anilines is 1. The number of carbonyl (C=O) groups is 1. The highest BCUT2D eigenvalue weighted by atomic mass is 35.5. The molecule has 0 unspecified atom stereocenters. The molecule has 0 amide bonds. The molecule has 25 heavy (non-hydrogen) atoms. The first-order valence-corrected chi connectivity index (χ1v) is 8.95. The van der Waals surface area contributed by atoms with Gasteiger partial charge in [-0.15, -0.1) is 0 Å². The lowest BCUT2D eigenvalue weighted by atomic mass is 9.76. The summed E-state index contributed by atoms with van der Waals surface area (Å²) >= 11 is 12.7. The van der Waals surface area contributed by atoms with Gasteiger partial charge in [-0.3, -0.25) is 0 Å². The van der Waals surface area contributed by atoms with Gasteiger partial charge in [0.25, 0.3) is 0 Å². The zero-order chi connectivity index (χ0) is 17.6. The average molecular weight is 374 g/mol. The molecule has 1 N–H and O–H groups in total. The molecule has 0 aromatic heterocycles. The monoisotopic (exact) mass is 373 g/mol. The van der Waals surface area contributed by atoms with Gasteiger partial charge in [-0.2, -0.15) is 0 Å². The summed E-state index contributed by atoms with van der Waals surface area (Å²) in [5.41, 5.74) is 3.44. The first-order valence-electron chi connectivity index (χ1n) is 8.20. The second-order valence-corrected chi connectivity index (χ2v) is 7.17. The number of ether oxygens (including phenoxy) is 1. The smallest absolute Gasteiger partial charge is 0.339 e. The molecule has 1 aliphatic heterocycles. The molecule has 2 aromatic carbocycles. The minimum atomic E-state index is -0.347. The van der Waals surface area contributed by atoms with Crippen LogP contribution in [0.4, 0.5) is 5.69 Å². The molecule has 0 radical (unpaired) electrons. The molecule has 4 rings (SSSR count). The van der Waals surface area contributed by atoms with E-state index in [-0.39, 0.29) is 17.9 Å². The van der Waals surface area contributed by atoms with Gasteiger partial charge in [0.1, 0.15) is 0 Å². The summed E-state index contributed by atoms with van der Waals surface area (Å²) in [6, 6.07) is 11.4. The number of carbonyl (C=O) groups excluding carboxylic acids is 1. The van der Waals surface area contributed by atoms with Crippen molar-refractivity contribution in [2.24, 2.45) is 5.92 Å². The minimum absolute atomic E-state index is 0.0236. The number of methoxy groups -OCH3 is 1. The van der Waals surface area contributed by atoms with Crippen molar-refractivity contribution in [3.05, 3.63) is 75.3 Å². The Hall–Kier alpha value is -1.97. The van der Waals surface area contributed by atoms with E-state index in [1.165, 1.54) is 7.11 Å². The van der Waals surface area contributed by atoms with E-state index in [4.69, 9.17) is 27.9 Å². The summed E-state index contributed by atoms with van der Waals surface area (Å²) in [4.78, 5) is 12.2. The van der Waals surface area contributed by atoms with E-state index >= 15 is 0 Å². The Morgan fingerprint density at radius 2 is 1.92 bits per heavy atom. The summed E-state index contributed by atoms with van der Waals surface area (Å²) < 4.78 is 4.95. The quantitative estimate of drug-likeness (QED) is 0.549. The first kappa shape index (κ1) is 16.5. The van der Waals surface area contributed by atoms with Gasteiger partial charge in [0, 0.05) is 5.92 Å². The second-order valence-electron chi connectivity index (χ2n) is 6.38. The van der Waals surface area contributed by atoms with E-state index in [9.17, 15) is 4.79 Å². The summed E-state index contributed by atoms with van der Waals surface area (Å²) in [6.45, 7) is 0. The van der Waals surface area contributed by atoms with E-state index in [2.05, 4.69) is 23.5 Å². The number of nitrogens with one attached hydrogen (secondary N) is 1. The van der Waals surface area contributed by atoms with Crippen LogP contribution in [0.2, 0.25) is 10.0 Å². The molecule has 3 nitrogen and oxygen atoms in total. The molecule has 3 atom stereocenters. The lowest BCUT2D eigenvalue weighted by molar-refractivity contribution is 0.0601. The van der Waals surface area contributed by atoms with Gasteiger partial charge in [-0.05, 0) is 35.6 Å². The molecular formula is C20H17Cl2NO2. The topological polar surface area (TPSA) is 38.3 Å². The molecule has 0 fully saturated rings. The fraction of sp³-hybridized carbons (Fsp3) is 0.250. The summed E-state index contributed by atoms with van der Waals surface area (Å²) in [6.07, 6.45) is 5.37. The number of hydrogen-bond acceptors (Lipinski definition) is 3. The van der Waals surface area contributed by atoms with Gasteiger partial charge in [0.15, 0.2) is 0 Å². The predicted molar refractivity (Wildman–Crippen MR) is 101 cm³/mol. The Labute approximate surface area is 156 Å². The Kier molecular flexibility index (Phi) is 4.22. The third-order valence-corrected chi connectivity index (χ3v) is 5.95. The van der Waals surface area contributed by atoms with Gasteiger partial charge in [0.2, 0.25) is 0 Å². The number of allylic oxidation sites excluding steroid dienone is 2. The van der Waals surface area contributed by atoms with E-state index in [1.807, 2.05) is 18.2 Å². The van der Waals surface area contributed by atoms with Gasteiger partial charge < -0.3 is 10.1 Å². The van der Waals surface area contributed by atoms with Gasteiger partial charge in [0.05, 0.1) is 34.4 Å². The van der Waals surface area contributed by atoms with E-state index < -0.39 is 0 Å². The zero-order valence-corrected chi connectivity index (χ0v) is 15.1. The van der Waals surface area contributed by atoms with Crippen molar-refractivity contribution in [1.82, 2.24) is 0 Å². The highest BCUT2D eigenvalue weighted by molar-refractivity contribution is 6.42. The lowest BCUT2D eigenvalue weighted by Crippen LogP contribution is -2.30.